The van der Waals surface area contributed by atoms with Crippen molar-refractivity contribution in [3.63, 3.8) is 0 Å². The third kappa shape index (κ3) is 14.9. The van der Waals surface area contributed by atoms with E-state index in [0.717, 1.165) is 25.7 Å². The standard InChI is InChI=1S/C11H21NO4.BH3O3/c1-3-4-5-6-7-9(11(15)16)12(2)8-10(13)14;2-1(3)4/h9H,3-8H2,1-2H3,(H,13,14)(H,15,16);2-4H. The number of hydrogen-bond acceptors (Lipinski definition) is 6. The zero-order chi connectivity index (χ0) is 16.1. The molecule has 0 saturated heterocycles. The maximum Gasteiger partial charge on any atom is 0.631 e. The monoisotopic (exact) mass is 293 g/mol. The Balaban J connectivity index is 0. The Labute approximate surface area is 118 Å². The van der Waals surface area contributed by atoms with E-state index in [1.54, 1.807) is 0 Å². The minimum absolute atomic E-state index is 0.231. The number of carboxylic acids is 2. The van der Waals surface area contributed by atoms with Crippen LogP contribution >= 0.6 is 0 Å². The van der Waals surface area contributed by atoms with Crippen molar-refractivity contribution in [2.75, 3.05) is 13.6 Å². The van der Waals surface area contributed by atoms with Gasteiger partial charge in [-0.05, 0) is 13.5 Å². The fourth-order valence-corrected chi connectivity index (χ4v) is 1.62. The first-order valence-electron chi connectivity index (χ1n) is 6.41. The Bertz CT molecular complexity index is 273. The molecule has 5 N–H and O–H groups in total. The van der Waals surface area contributed by atoms with Crippen LogP contribution in [-0.4, -0.2) is 69.1 Å². The number of rotatable bonds is 9. The maximum absolute atomic E-state index is 11.0. The molecule has 0 aliphatic heterocycles. The summed E-state index contributed by atoms with van der Waals surface area (Å²) in [5, 5.41) is 39.1. The molecule has 0 aromatic rings. The van der Waals surface area contributed by atoms with Gasteiger partial charge in [-0.15, -0.1) is 0 Å². The molecule has 1 atom stereocenters. The predicted octanol–water partition coefficient (Wildman–Crippen LogP) is -0.625. The van der Waals surface area contributed by atoms with Crippen LogP contribution in [0.15, 0.2) is 0 Å². The van der Waals surface area contributed by atoms with E-state index in [2.05, 4.69) is 6.92 Å². The van der Waals surface area contributed by atoms with Crippen LogP contribution in [0.25, 0.3) is 0 Å². The van der Waals surface area contributed by atoms with Crippen molar-refractivity contribution in [2.24, 2.45) is 0 Å². The molecule has 0 aliphatic rings. The normalized spacial score (nSPS) is 11.5. The second-order valence-electron chi connectivity index (χ2n) is 4.36. The number of hydrogen-bond donors (Lipinski definition) is 5. The van der Waals surface area contributed by atoms with Crippen LogP contribution in [0, 0.1) is 0 Å². The quantitative estimate of drug-likeness (QED) is 0.280. The SMILES string of the molecule is CCCCCCC(C(=O)O)N(C)CC(=O)O.OB(O)O. The lowest BCUT2D eigenvalue weighted by Crippen LogP contribution is -2.41. The van der Waals surface area contributed by atoms with Crippen molar-refractivity contribution < 1.29 is 34.9 Å². The number of carboxylic acid groups (broad SMARTS) is 2. The van der Waals surface area contributed by atoms with Gasteiger partial charge in [-0.2, -0.15) is 0 Å². The van der Waals surface area contributed by atoms with Crippen LogP contribution in [0.3, 0.4) is 0 Å². The zero-order valence-electron chi connectivity index (χ0n) is 11.9. The summed E-state index contributed by atoms with van der Waals surface area (Å²) in [6.07, 6.45) is 4.53. The minimum Gasteiger partial charge on any atom is -0.480 e. The molecule has 0 aromatic heterocycles. The Hall–Kier alpha value is -1.16. The molecule has 8 nitrogen and oxygen atoms in total. The van der Waals surface area contributed by atoms with Crippen LogP contribution in [-0.2, 0) is 9.59 Å². The first-order chi connectivity index (χ1) is 9.22. The second kappa shape index (κ2) is 12.9. The molecule has 0 radical (unpaired) electrons. The summed E-state index contributed by atoms with van der Waals surface area (Å²) in [7, 11) is -0.632. The molecule has 20 heavy (non-hydrogen) atoms. The van der Waals surface area contributed by atoms with Crippen LogP contribution < -0.4 is 0 Å². The number of aliphatic carboxylic acids is 2. The summed E-state index contributed by atoms with van der Waals surface area (Å²) in [6, 6.07) is -0.687. The highest BCUT2D eigenvalue weighted by Crippen LogP contribution is 2.10. The third-order valence-electron chi connectivity index (χ3n) is 2.53. The summed E-state index contributed by atoms with van der Waals surface area (Å²) in [5.74, 6) is -1.94. The highest BCUT2D eigenvalue weighted by molar-refractivity contribution is 6.30. The van der Waals surface area contributed by atoms with E-state index in [1.807, 2.05) is 0 Å². The third-order valence-corrected chi connectivity index (χ3v) is 2.53. The molecule has 0 saturated carbocycles. The van der Waals surface area contributed by atoms with E-state index in [0.29, 0.717) is 6.42 Å². The fraction of sp³-hybridized carbons (Fsp3) is 0.818. The van der Waals surface area contributed by atoms with Gasteiger partial charge in [0.1, 0.15) is 6.04 Å². The fourth-order valence-electron chi connectivity index (χ4n) is 1.62. The Kier molecular flexibility index (Phi) is 13.6. The predicted molar refractivity (Wildman–Crippen MR) is 72.9 cm³/mol. The zero-order valence-corrected chi connectivity index (χ0v) is 11.9. The van der Waals surface area contributed by atoms with E-state index in [1.165, 1.54) is 11.9 Å². The van der Waals surface area contributed by atoms with Gasteiger partial charge in [-0.25, -0.2) is 0 Å². The van der Waals surface area contributed by atoms with Gasteiger partial charge in [-0.1, -0.05) is 32.6 Å². The minimum atomic E-state index is -2.17. The smallest absolute Gasteiger partial charge is 0.480 e. The molecule has 0 amide bonds. The van der Waals surface area contributed by atoms with Crippen molar-refractivity contribution in [3.8, 4) is 0 Å². The Morgan fingerprint density at radius 1 is 1.10 bits per heavy atom. The van der Waals surface area contributed by atoms with Crippen molar-refractivity contribution in [3.05, 3.63) is 0 Å². The lowest BCUT2D eigenvalue weighted by Gasteiger charge is -2.22. The highest BCUT2D eigenvalue weighted by Gasteiger charge is 2.23. The molecule has 0 rings (SSSR count). The average molecular weight is 293 g/mol. The van der Waals surface area contributed by atoms with E-state index >= 15 is 0 Å². The molecule has 9 heteroatoms. The van der Waals surface area contributed by atoms with Gasteiger partial charge >= 0.3 is 19.3 Å². The van der Waals surface area contributed by atoms with E-state index < -0.39 is 25.3 Å². The lowest BCUT2D eigenvalue weighted by atomic mass is 10.1. The highest BCUT2D eigenvalue weighted by atomic mass is 16.5. The molecular formula is C11H24BNO7. The number of likely N-dealkylation sites (N-methyl/N-ethyl adjacent to an activating group) is 1. The van der Waals surface area contributed by atoms with Gasteiger partial charge in [0.2, 0.25) is 0 Å². The molecule has 0 fully saturated rings. The first kappa shape index (κ1) is 21.1. The topological polar surface area (TPSA) is 139 Å². The maximum atomic E-state index is 11.0. The van der Waals surface area contributed by atoms with Gasteiger partial charge in [-0.3, -0.25) is 14.5 Å². The van der Waals surface area contributed by atoms with E-state index in [9.17, 15) is 9.59 Å². The van der Waals surface area contributed by atoms with Gasteiger partial charge in [0.25, 0.3) is 0 Å². The summed E-state index contributed by atoms with van der Waals surface area (Å²) in [4.78, 5) is 22.8. The number of unbranched alkanes of at least 4 members (excludes halogenated alkanes) is 3. The number of nitrogens with zero attached hydrogens (tertiary/aromatic N) is 1. The van der Waals surface area contributed by atoms with Gasteiger partial charge in [0, 0.05) is 0 Å². The van der Waals surface area contributed by atoms with Crippen LogP contribution in [0.4, 0.5) is 0 Å². The largest absolute Gasteiger partial charge is 0.631 e. The second-order valence-corrected chi connectivity index (χ2v) is 4.36. The average Bonchev–Trinajstić information content (AvgIpc) is 2.26. The number of carbonyl (C=O) groups is 2. The van der Waals surface area contributed by atoms with Crippen LogP contribution in [0.1, 0.15) is 39.0 Å². The summed E-state index contributed by atoms with van der Waals surface area (Å²) in [5.41, 5.74) is 0. The van der Waals surface area contributed by atoms with Gasteiger partial charge in [0.05, 0.1) is 6.54 Å². The molecule has 0 aromatic carbocycles. The van der Waals surface area contributed by atoms with Crippen LogP contribution in [0.5, 0.6) is 0 Å². The van der Waals surface area contributed by atoms with E-state index in [-0.39, 0.29) is 6.54 Å². The van der Waals surface area contributed by atoms with Gasteiger partial charge in [0.15, 0.2) is 0 Å². The van der Waals surface area contributed by atoms with Crippen molar-refractivity contribution in [2.45, 2.75) is 45.1 Å². The molecule has 118 valence electrons. The molecule has 0 aliphatic carbocycles. The summed E-state index contributed by atoms with van der Waals surface area (Å²) < 4.78 is 0. The van der Waals surface area contributed by atoms with Crippen molar-refractivity contribution >= 4 is 19.3 Å². The molecular weight excluding hydrogens is 269 g/mol. The van der Waals surface area contributed by atoms with Crippen LogP contribution in [0.2, 0.25) is 0 Å². The Morgan fingerprint density at radius 3 is 1.95 bits per heavy atom. The lowest BCUT2D eigenvalue weighted by molar-refractivity contribution is -0.145. The summed E-state index contributed by atoms with van der Waals surface area (Å²) in [6.45, 7) is 1.86. The molecule has 0 heterocycles. The molecule has 0 bridgehead atoms. The Morgan fingerprint density at radius 2 is 1.60 bits per heavy atom. The van der Waals surface area contributed by atoms with Crippen molar-refractivity contribution in [1.29, 1.82) is 0 Å². The summed E-state index contributed by atoms with van der Waals surface area (Å²) >= 11 is 0. The van der Waals surface area contributed by atoms with Gasteiger partial charge < -0.3 is 25.3 Å². The molecule has 1 unspecified atom stereocenters. The first-order valence-corrected chi connectivity index (χ1v) is 6.41. The molecule has 0 spiro atoms. The van der Waals surface area contributed by atoms with E-state index in [4.69, 9.17) is 25.3 Å². The van der Waals surface area contributed by atoms with Crippen molar-refractivity contribution in [1.82, 2.24) is 4.90 Å².